The van der Waals surface area contributed by atoms with Gasteiger partial charge in [0.1, 0.15) is 5.75 Å². The summed E-state index contributed by atoms with van der Waals surface area (Å²) >= 11 is 0. The largest absolute Gasteiger partial charge is 0.508 e. The zero-order chi connectivity index (χ0) is 10.5. The number of tetrazole rings is 1. The number of para-hydroxylation sites is 1. The van der Waals surface area contributed by atoms with Crippen molar-refractivity contribution in [1.82, 2.24) is 20.6 Å². The maximum absolute atomic E-state index is 9.42. The van der Waals surface area contributed by atoms with Gasteiger partial charge in [0, 0.05) is 5.56 Å². The summed E-state index contributed by atoms with van der Waals surface area (Å²) in [4.78, 5) is 0. The molecule has 0 aliphatic carbocycles. The summed E-state index contributed by atoms with van der Waals surface area (Å²) in [5.41, 5.74) is 0.699. The lowest BCUT2D eigenvalue weighted by Gasteiger charge is -1.97. The number of nitrogens with one attached hydrogen (secondary N) is 1. The molecule has 2 rings (SSSR count). The second kappa shape index (κ2) is 4.27. The van der Waals surface area contributed by atoms with Gasteiger partial charge in [0.2, 0.25) is 0 Å². The number of benzene rings is 1. The van der Waals surface area contributed by atoms with Crippen LogP contribution < -0.4 is 0 Å². The Morgan fingerprint density at radius 1 is 1.33 bits per heavy atom. The fraction of sp³-hybridized carbons (Fsp3) is 0.125. The average Bonchev–Trinajstić information content (AvgIpc) is 2.74. The average molecular weight is 204 g/mol. The second-order valence-electron chi connectivity index (χ2n) is 2.74. The van der Waals surface area contributed by atoms with Crippen molar-refractivity contribution in [3.8, 4) is 5.75 Å². The number of hydrogen-bond donors (Lipinski definition) is 2. The molecule has 0 saturated heterocycles. The monoisotopic (exact) mass is 204 g/mol. The highest BCUT2D eigenvalue weighted by Gasteiger charge is 1.98. The van der Waals surface area contributed by atoms with Crippen molar-refractivity contribution in [2.24, 2.45) is 10.2 Å². The molecule has 0 bridgehead atoms. The van der Waals surface area contributed by atoms with Gasteiger partial charge in [0.15, 0.2) is 0 Å². The molecular formula is C8H8N6O. The fourth-order valence-electron chi connectivity index (χ4n) is 1.02. The summed E-state index contributed by atoms with van der Waals surface area (Å²) in [7, 11) is 0. The predicted molar refractivity (Wildman–Crippen MR) is 50.5 cm³/mol. The van der Waals surface area contributed by atoms with E-state index in [2.05, 4.69) is 30.9 Å². The summed E-state index contributed by atoms with van der Waals surface area (Å²) in [6.07, 6.45) is 0. The third-order valence-electron chi connectivity index (χ3n) is 1.73. The smallest absolute Gasteiger partial charge is 0.307 e. The minimum absolute atomic E-state index is 0.172. The Bertz CT molecular complexity index is 452. The van der Waals surface area contributed by atoms with E-state index in [1.165, 1.54) is 0 Å². The van der Waals surface area contributed by atoms with Crippen LogP contribution in [0.4, 0.5) is 5.95 Å². The van der Waals surface area contributed by atoms with Crippen LogP contribution in [0.25, 0.3) is 0 Å². The van der Waals surface area contributed by atoms with Gasteiger partial charge in [-0.05, 0) is 11.3 Å². The van der Waals surface area contributed by atoms with Gasteiger partial charge in [0.25, 0.3) is 0 Å². The molecule has 1 aromatic carbocycles. The summed E-state index contributed by atoms with van der Waals surface area (Å²) in [6, 6.07) is 6.93. The molecule has 0 atom stereocenters. The first kappa shape index (κ1) is 9.25. The van der Waals surface area contributed by atoms with E-state index in [0.717, 1.165) is 0 Å². The summed E-state index contributed by atoms with van der Waals surface area (Å²) in [6.45, 7) is 0.279. The lowest BCUT2D eigenvalue weighted by Crippen LogP contribution is -1.80. The molecule has 2 aromatic rings. The van der Waals surface area contributed by atoms with Gasteiger partial charge in [-0.1, -0.05) is 23.3 Å². The highest BCUT2D eigenvalue weighted by molar-refractivity contribution is 5.31. The van der Waals surface area contributed by atoms with Crippen molar-refractivity contribution in [2.75, 3.05) is 0 Å². The molecule has 0 spiro atoms. The number of phenols is 1. The summed E-state index contributed by atoms with van der Waals surface area (Å²) < 4.78 is 0. The van der Waals surface area contributed by atoms with Gasteiger partial charge in [-0.2, -0.15) is 10.3 Å². The number of hydrogen-bond acceptors (Lipinski definition) is 6. The zero-order valence-electron chi connectivity index (χ0n) is 7.70. The van der Waals surface area contributed by atoms with Crippen LogP contribution in [-0.2, 0) is 6.54 Å². The molecule has 0 fully saturated rings. The number of phenolic OH excluding ortho intramolecular Hbond substituents is 1. The normalized spacial score (nSPS) is 10.9. The third kappa shape index (κ3) is 2.33. The molecule has 0 radical (unpaired) electrons. The zero-order valence-corrected chi connectivity index (χ0v) is 7.70. The van der Waals surface area contributed by atoms with Crippen LogP contribution >= 0.6 is 0 Å². The van der Waals surface area contributed by atoms with Crippen molar-refractivity contribution in [3.05, 3.63) is 29.8 Å². The number of aromatic amines is 1. The lowest BCUT2D eigenvalue weighted by molar-refractivity contribution is 0.468. The van der Waals surface area contributed by atoms with Crippen molar-refractivity contribution in [3.63, 3.8) is 0 Å². The molecule has 7 heteroatoms. The highest BCUT2D eigenvalue weighted by Crippen LogP contribution is 2.16. The maximum atomic E-state index is 9.42. The Labute approximate surface area is 84.9 Å². The van der Waals surface area contributed by atoms with Gasteiger partial charge < -0.3 is 5.11 Å². The number of H-pyrrole nitrogens is 1. The van der Waals surface area contributed by atoms with Gasteiger partial charge >= 0.3 is 5.95 Å². The summed E-state index contributed by atoms with van der Waals surface area (Å²) in [5.74, 6) is 0.370. The number of azo groups is 1. The van der Waals surface area contributed by atoms with Crippen LogP contribution in [0.5, 0.6) is 5.75 Å². The Hall–Kier alpha value is -2.31. The minimum Gasteiger partial charge on any atom is -0.508 e. The predicted octanol–water partition coefficient (Wildman–Crippen LogP) is 1.19. The Kier molecular flexibility index (Phi) is 2.63. The standard InChI is InChI=1S/C8H8N6O/c15-7-4-2-1-3-6(7)5-9-10-8-11-13-14-12-8/h1-4,15H,5H2,(H,11,12,13,14). The number of rotatable bonds is 3. The molecule has 2 N–H and O–H groups in total. The van der Waals surface area contributed by atoms with Gasteiger partial charge in [-0.15, -0.1) is 10.2 Å². The van der Waals surface area contributed by atoms with Crippen molar-refractivity contribution in [1.29, 1.82) is 0 Å². The maximum Gasteiger partial charge on any atom is 0.307 e. The molecule has 15 heavy (non-hydrogen) atoms. The van der Waals surface area contributed by atoms with E-state index in [1.807, 2.05) is 6.07 Å². The van der Waals surface area contributed by atoms with Crippen LogP contribution in [0.1, 0.15) is 5.56 Å². The van der Waals surface area contributed by atoms with Crippen LogP contribution in [0.15, 0.2) is 34.5 Å². The highest BCUT2D eigenvalue weighted by atomic mass is 16.3. The van der Waals surface area contributed by atoms with Crippen LogP contribution in [0, 0.1) is 0 Å². The van der Waals surface area contributed by atoms with Crippen LogP contribution in [0.3, 0.4) is 0 Å². The van der Waals surface area contributed by atoms with Gasteiger partial charge in [-0.25, -0.2) is 0 Å². The van der Waals surface area contributed by atoms with E-state index in [1.54, 1.807) is 18.2 Å². The number of aromatic hydroxyl groups is 1. The molecule has 0 saturated carbocycles. The van der Waals surface area contributed by atoms with E-state index in [-0.39, 0.29) is 18.2 Å². The molecule has 76 valence electrons. The Balaban J connectivity index is 2.02. The van der Waals surface area contributed by atoms with E-state index in [0.29, 0.717) is 5.56 Å². The second-order valence-corrected chi connectivity index (χ2v) is 2.74. The molecule has 7 nitrogen and oxygen atoms in total. The van der Waals surface area contributed by atoms with E-state index in [9.17, 15) is 5.11 Å². The van der Waals surface area contributed by atoms with Gasteiger partial charge in [0.05, 0.1) is 6.54 Å². The van der Waals surface area contributed by atoms with Crippen LogP contribution in [0.2, 0.25) is 0 Å². The summed E-state index contributed by atoms with van der Waals surface area (Å²) in [5, 5.41) is 29.7. The first-order chi connectivity index (χ1) is 7.36. The minimum atomic E-state index is 0.172. The Morgan fingerprint density at radius 3 is 2.93 bits per heavy atom. The molecular weight excluding hydrogens is 196 g/mol. The fourth-order valence-corrected chi connectivity index (χ4v) is 1.02. The molecule has 0 unspecified atom stereocenters. The molecule has 0 aliphatic rings. The van der Waals surface area contributed by atoms with Crippen molar-refractivity contribution in [2.45, 2.75) is 6.54 Å². The topological polar surface area (TPSA) is 99.4 Å². The Morgan fingerprint density at radius 2 is 2.20 bits per heavy atom. The SMILES string of the molecule is Oc1ccccc1CN=Nc1nn[nH]n1. The third-order valence-corrected chi connectivity index (χ3v) is 1.73. The molecule has 1 heterocycles. The molecule has 0 aliphatic heterocycles. The van der Waals surface area contributed by atoms with E-state index >= 15 is 0 Å². The first-order valence-corrected chi connectivity index (χ1v) is 4.24. The lowest BCUT2D eigenvalue weighted by atomic mass is 10.2. The molecule has 0 amide bonds. The van der Waals surface area contributed by atoms with E-state index in [4.69, 9.17) is 0 Å². The van der Waals surface area contributed by atoms with Crippen molar-refractivity contribution < 1.29 is 5.11 Å². The van der Waals surface area contributed by atoms with E-state index < -0.39 is 0 Å². The first-order valence-electron chi connectivity index (χ1n) is 4.24. The van der Waals surface area contributed by atoms with Crippen LogP contribution in [-0.4, -0.2) is 25.7 Å². The molecule has 1 aromatic heterocycles. The number of aromatic nitrogens is 4. The van der Waals surface area contributed by atoms with Crippen molar-refractivity contribution >= 4 is 5.95 Å². The quantitative estimate of drug-likeness (QED) is 0.733. The van der Waals surface area contributed by atoms with Gasteiger partial charge in [-0.3, -0.25) is 0 Å². The number of nitrogens with zero attached hydrogens (tertiary/aromatic N) is 5.